The van der Waals surface area contributed by atoms with Crippen molar-refractivity contribution in [2.45, 2.75) is 12.3 Å². The lowest BCUT2D eigenvalue weighted by Crippen LogP contribution is -2.17. The number of carbonyl (C=O) groups is 1. The molecule has 0 fully saturated rings. The number of nitrogens with one attached hydrogen (secondary N) is 1. The molecule has 0 spiro atoms. The summed E-state index contributed by atoms with van der Waals surface area (Å²) in [4.78, 5) is 13.1. The fraction of sp³-hybridized carbons (Fsp3) is 0.0741. The Kier molecular flexibility index (Phi) is 6.72. The number of hydrogen-bond donors (Lipinski definition) is 2. The van der Waals surface area contributed by atoms with Gasteiger partial charge in [0, 0.05) is 11.8 Å². The van der Waals surface area contributed by atoms with Gasteiger partial charge in [-0.1, -0.05) is 49.1 Å². The van der Waals surface area contributed by atoms with E-state index in [2.05, 4.69) is 17.0 Å². The zero-order valence-corrected chi connectivity index (χ0v) is 18.7. The van der Waals surface area contributed by atoms with E-state index >= 15 is 0 Å². The lowest BCUT2D eigenvalue weighted by Gasteiger charge is -2.14. The SMILES string of the molecule is C=Cc1cccc(C(O)c2cccc(NC(=O)c3cc(C(F)(F)F)nn3-c3cccc(C#N)c3)c2)c1. The van der Waals surface area contributed by atoms with E-state index in [1.807, 2.05) is 12.1 Å². The number of halogens is 3. The second-order valence-corrected chi connectivity index (χ2v) is 7.84. The molecular formula is C27H19F3N4O2. The molecule has 1 unspecified atom stereocenters. The quantitative estimate of drug-likeness (QED) is 0.362. The first-order valence-corrected chi connectivity index (χ1v) is 10.7. The number of amides is 1. The molecule has 4 aromatic rings. The molecule has 4 rings (SSSR count). The van der Waals surface area contributed by atoms with Crippen LogP contribution in [0.2, 0.25) is 0 Å². The molecule has 0 bridgehead atoms. The number of nitriles is 1. The van der Waals surface area contributed by atoms with Crippen molar-refractivity contribution in [1.29, 1.82) is 5.26 Å². The fourth-order valence-corrected chi connectivity index (χ4v) is 3.62. The Balaban J connectivity index is 1.66. The Bertz CT molecular complexity index is 1480. The maximum Gasteiger partial charge on any atom is 0.435 e. The number of rotatable bonds is 6. The summed E-state index contributed by atoms with van der Waals surface area (Å²) in [5.74, 6) is -0.847. The number of hydrogen-bond acceptors (Lipinski definition) is 4. The topological polar surface area (TPSA) is 90.9 Å². The van der Waals surface area contributed by atoms with Crippen LogP contribution in [-0.4, -0.2) is 20.8 Å². The first kappa shape index (κ1) is 24.4. The maximum absolute atomic E-state index is 13.4. The van der Waals surface area contributed by atoms with Crippen LogP contribution >= 0.6 is 0 Å². The Morgan fingerprint density at radius 1 is 1.06 bits per heavy atom. The molecule has 3 aromatic carbocycles. The molecule has 6 nitrogen and oxygen atoms in total. The highest BCUT2D eigenvalue weighted by atomic mass is 19.4. The first-order chi connectivity index (χ1) is 17.2. The summed E-state index contributed by atoms with van der Waals surface area (Å²) in [6.45, 7) is 3.71. The monoisotopic (exact) mass is 488 g/mol. The molecule has 0 aliphatic heterocycles. The number of alkyl halides is 3. The van der Waals surface area contributed by atoms with Crippen LogP contribution in [0.1, 0.15) is 44.5 Å². The van der Waals surface area contributed by atoms with Crippen molar-refractivity contribution >= 4 is 17.7 Å². The minimum Gasteiger partial charge on any atom is -0.384 e. The normalized spacial score (nSPS) is 12.0. The van der Waals surface area contributed by atoms with E-state index < -0.39 is 23.9 Å². The van der Waals surface area contributed by atoms with Crippen molar-refractivity contribution < 1.29 is 23.1 Å². The number of anilines is 1. The minimum absolute atomic E-state index is 0.126. The predicted molar refractivity (Wildman–Crippen MR) is 128 cm³/mol. The molecule has 180 valence electrons. The van der Waals surface area contributed by atoms with Crippen molar-refractivity contribution in [3.63, 3.8) is 0 Å². The van der Waals surface area contributed by atoms with E-state index in [9.17, 15) is 23.1 Å². The number of aliphatic hydroxyl groups is 1. The third-order valence-corrected chi connectivity index (χ3v) is 5.37. The lowest BCUT2D eigenvalue weighted by atomic mass is 9.99. The molecule has 0 aliphatic rings. The van der Waals surface area contributed by atoms with Gasteiger partial charge >= 0.3 is 6.18 Å². The van der Waals surface area contributed by atoms with Crippen LogP contribution in [0.25, 0.3) is 11.8 Å². The number of nitrogens with zero attached hydrogens (tertiary/aromatic N) is 3. The van der Waals surface area contributed by atoms with Crippen LogP contribution < -0.4 is 5.32 Å². The summed E-state index contributed by atoms with van der Waals surface area (Å²) in [6.07, 6.45) is -4.13. The third-order valence-electron chi connectivity index (χ3n) is 5.37. The Hall–Kier alpha value is -4.68. The van der Waals surface area contributed by atoms with Crippen molar-refractivity contribution in [2.24, 2.45) is 0 Å². The van der Waals surface area contributed by atoms with Gasteiger partial charge in [0.2, 0.25) is 0 Å². The van der Waals surface area contributed by atoms with Gasteiger partial charge < -0.3 is 10.4 Å². The van der Waals surface area contributed by atoms with Gasteiger partial charge in [-0.3, -0.25) is 4.79 Å². The minimum atomic E-state index is -4.78. The van der Waals surface area contributed by atoms with Crippen molar-refractivity contribution in [3.05, 3.63) is 119 Å². The summed E-state index contributed by atoms with van der Waals surface area (Å²) in [5, 5.41) is 26.1. The Morgan fingerprint density at radius 2 is 1.75 bits per heavy atom. The average Bonchev–Trinajstić information content (AvgIpc) is 3.35. The van der Waals surface area contributed by atoms with Gasteiger partial charge in [0.15, 0.2) is 5.69 Å². The lowest BCUT2D eigenvalue weighted by molar-refractivity contribution is -0.141. The second-order valence-electron chi connectivity index (χ2n) is 7.84. The molecule has 1 amide bonds. The first-order valence-electron chi connectivity index (χ1n) is 10.7. The van der Waals surface area contributed by atoms with E-state index in [-0.39, 0.29) is 22.6 Å². The number of aliphatic hydroxyl groups excluding tert-OH is 1. The molecule has 0 saturated heterocycles. The largest absolute Gasteiger partial charge is 0.435 e. The van der Waals surface area contributed by atoms with Gasteiger partial charge in [-0.2, -0.15) is 23.5 Å². The Labute approximate surface area is 204 Å². The van der Waals surface area contributed by atoms with Crippen LogP contribution in [0.3, 0.4) is 0 Å². The molecular weight excluding hydrogens is 469 g/mol. The van der Waals surface area contributed by atoms with Crippen LogP contribution in [0.5, 0.6) is 0 Å². The molecule has 2 N–H and O–H groups in total. The molecule has 0 aliphatic carbocycles. The van der Waals surface area contributed by atoms with Crippen molar-refractivity contribution in [1.82, 2.24) is 9.78 Å². The van der Waals surface area contributed by atoms with Gasteiger partial charge in [0.05, 0.1) is 17.3 Å². The van der Waals surface area contributed by atoms with Crippen LogP contribution in [-0.2, 0) is 6.18 Å². The fourth-order valence-electron chi connectivity index (χ4n) is 3.62. The highest BCUT2D eigenvalue weighted by Gasteiger charge is 2.36. The van der Waals surface area contributed by atoms with Gasteiger partial charge in [0.1, 0.15) is 11.8 Å². The second kappa shape index (κ2) is 9.90. The van der Waals surface area contributed by atoms with Crippen LogP contribution in [0, 0.1) is 11.3 Å². The number of benzene rings is 3. The van der Waals surface area contributed by atoms with E-state index in [4.69, 9.17) is 5.26 Å². The summed E-state index contributed by atoms with van der Waals surface area (Å²) in [7, 11) is 0. The molecule has 1 aromatic heterocycles. The van der Waals surface area contributed by atoms with Crippen molar-refractivity contribution in [2.75, 3.05) is 5.32 Å². The predicted octanol–water partition coefficient (Wildman–Crippen LogP) is 5.74. The van der Waals surface area contributed by atoms with Gasteiger partial charge in [0.25, 0.3) is 5.91 Å². The van der Waals surface area contributed by atoms with Gasteiger partial charge in [-0.05, 0) is 53.1 Å². The van der Waals surface area contributed by atoms with E-state index in [0.717, 1.165) is 10.2 Å². The summed E-state index contributed by atoms with van der Waals surface area (Å²) >= 11 is 0. The standard InChI is InChI=1S/C27H19F3N4O2/c1-2-17-6-3-8-19(12-17)25(35)20-9-5-10-21(14-20)32-26(36)23-15-24(27(28,29)30)33-34(23)22-11-4-7-18(13-22)16-31/h2-15,25,35H,1H2,(H,32,36). The van der Waals surface area contributed by atoms with Crippen molar-refractivity contribution in [3.8, 4) is 11.8 Å². The highest BCUT2D eigenvalue weighted by molar-refractivity contribution is 6.03. The van der Waals surface area contributed by atoms with Crippen LogP contribution in [0.4, 0.5) is 18.9 Å². The zero-order chi connectivity index (χ0) is 25.9. The smallest absolute Gasteiger partial charge is 0.384 e. The maximum atomic E-state index is 13.4. The van der Waals surface area contributed by atoms with E-state index in [0.29, 0.717) is 17.2 Å². The molecule has 0 saturated carbocycles. The highest BCUT2D eigenvalue weighted by Crippen LogP contribution is 2.30. The Morgan fingerprint density at radius 3 is 2.44 bits per heavy atom. The molecule has 9 heteroatoms. The average molecular weight is 488 g/mol. The third kappa shape index (κ3) is 5.19. The summed E-state index contributed by atoms with van der Waals surface area (Å²) < 4.78 is 41.0. The number of aromatic nitrogens is 2. The zero-order valence-electron chi connectivity index (χ0n) is 18.7. The molecule has 36 heavy (non-hydrogen) atoms. The van der Waals surface area contributed by atoms with E-state index in [1.54, 1.807) is 42.5 Å². The van der Waals surface area contributed by atoms with Crippen LogP contribution in [0.15, 0.2) is 85.4 Å². The summed E-state index contributed by atoms with van der Waals surface area (Å²) in [5.41, 5.74) is 0.879. The molecule has 1 heterocycles. The molecule has 1 atom stereocenters. The van der Waals surface area contributed by atoms with E-state index in [1.165, 1.54) is 30.3 Å². The van der Waals surface area contributed by atoms with Gasteiger partial charge in [-0.25, -0.2) is 4.68 Å². The molecule has 0 radical (unpaired) electrons. The van der Waals surface area contributed by atoms with Gasteiger partial charge in [-0.15, -0.1) is 0 Å². The number of carbonyl (C=O) groups excluding carboxylic acids is 1. The summed E-state index contributed by atoms with van der Waals surface area (Å²) in [6, 6.07) is 21.8.